The Morgan fingerprint density at radius 2 is 1.79 bits per heavy atom. The highest BCUT2D eigenvalue weighted by molar-refractivity contribution is 6.38. The molecule has 2 aromatic carbocycles. The molecular formula is C18H14ClF3N4O3. The van der Waals surface area contributed by atoms with E-state index in [1.54, 1.807) is 18.2 Å². The molecule has 7 nitrogen and oxygen atoms in total. The second-order valence-corrected chi connectivity index (χ2v) is 5.95. The van der Waals surface area contributed by atoms with Crippen molar-refractivity contribution in [1.82, 2.24) is 0 Å². The van der Waals surface area contributed by atoms with Crippen LogP contribution in [0, 0.1) is 0 Å². The van der Waals surface area contributed by atoms with Crippen molar-refractivity contribution in [3.05, 3.63) is 64.2 Å². The molecule has 0 aliphatic rings. The van der Waals surface area contributed by atoms with Gasteiger partial charge in [-0.3, -0.25) is 4.79 Å². The molecule has 0 heterocycles. The number of aliphatic carboxylic acids is 1. The molecule has 0 aliphatic carbocycles. The second-order valence-electron chi connectivity index (χ2n) is 5.58. The fraction of sp³-hybridized carbons (Fsp3) is 0.0556. The van der Waals surface area contributed by atoms with Crippen LogP contribution in [-0.4, -0.2) is 23.4 Å². The summed E-state index contributed by atoms with van der Waals surface area (Å²) in [4.78, 5) is 26.6. The van der Waals surface area contributed by atoms with Gasteiger partial charge in [0.25, 0.3) is 0 Å². The zero-order chi connectivity index (χ0) is 21.8. The third-order valence-corrected chi connectivity index (χ3v) is 4.03. The van der Waals surface area contributed by atoms with E-state index in [9.17, 15) is 27.9 Å². The molecular weight excluding hydrogens is 413 g/mol. The number of nitrogens with one attached hydrogen (secondary N) is 1. The summed E-state index contributed by atoms with van der Waals surface area (Å²) in [5, 5.41) is 11.4. The Morgan fingerprint density at radius 1 is 1.17 bits per heavy atom. The number of carboxylic acid groups (broad SMARTS) is 1. The van der Waals surface area contributed by atoms with Crippen LogP contribution in [0.3, 0.4) is 0 Å². The summed E-state index contributed by atoms with van der Waals surface area (Å²) in [7, 11) is 0. The number of nitrogens with two attached hydrogens (primary N) is 2. The van der Waals surface area contributed by atoms with Gasteiger partial charge in [-0.25, -0.2) is 9.79 Å². The molecule has 1 amide bonds. The highest BCUT2D eigenvalue weighted by Gasteiger charge is 2.34. The van der Waals surface area contributed by atoms with Crippen molar-refractivity contribution in [2.24, 2.45) is 16.5 Å². The van der Waals surface area contributed by atoms with E-state index in [1.807, 2.05) is 5.32 Å². The molecule has 0 spiro atoms. The first kappa shape index (κ1) is 21.8. The number of amides is 1. The topological polar surface area (TPSA) is 131 Å². The summed E-state index contributed by atoms with van der Waals surface area (Å²) in [6, 6.07) is 8.83. The van der Waals surface area contributed by atoms with E-state index in [-0.39, 0.29) is 17.7 Å². The van der Waals surface area contributed by atoms with Crippen LogP contribution in [0.2, 0.25) is 5.02 Å². The average Bonchev–Trinajstić information content (AvgIpc) is 2.63. The highest BCUT2D eigenvalue weighted by Crippen LogP contribution is 2.41. The number of carbonyl (C=O) groups excluding carboxylic acids is 1. The van der Waals surface area contributed by atoms with Crippen LogP contribution in [0.5, 0.6) is 0 Å². The number of benzene rings is 2. The first-order chi connectivity index (χ1) is 13.6. The van der Waals surface area contributed by atoms with Gasteiger partial charge in [0.15, 0.2) is 5.96 Å². The third-order valence-electron chi connectivity index (χ3n) is 3.62. The van der Waals surface area contributed by atoms with E-state index in [0.717, 1.165) is 0 Å². The van der Waals surface area contributed by atoms with Crippen LogP contribution in [-0.2, 0) is 15.8 Å². The molecule has 0 atom stereocenters. The second kappa shape index (κ2) is 8.65. The number of halogens is 4. The number of hydrogen-bond donors (Lipinski definition) is 4. The fourth-order valence-corrected chi connectivity index (χ4v) is 2.73. The number of aliphatic imine (C=N–C) groups is 1. The number of guanidine groups is 1. The van der Waals surface area contributed by atoms with Gasteiger partial charge in [0, 0.05) is 11.1 Å². The van der Waals surface area contributed by atoms with Gasteiger partial charge in [0.1, 0.15) is 0 Å². The minimum absolute atomic E-state index is 0.115. The van der Waals surface area contributed by atoms with Crippen LogP contribution in [0.25, 0.3) is 11.3 Å². The van der Waals surface area contributed by atoms with Gasteiger partial charge in [-0.1, -0.05) is 41.9 Å². The van der Waals surface area contributed by atoms with E-state index in [1.165, 1.54) is 12.1 Å². The zero-order valence-electron chi connectivity index (χ0n) is 14.5. The lowest BCUT2D eigenvalue weighted by molar-refractivity contribution is -0.137. The van der Waals surface area contributed by atoms with Crippen LogP contribution < -0.4 is 16.8 Å². The smallest absolute Gasteiger partial charge is 0.416 e. The standard InChI is InChI=1S/C18H14ClF3N4O3/c19-14-11(6-10(18(20,21)22)7-12(14)25-8-27)13(16(28)29)15(26-17(23)24)9-4-2-1-3-5-9/h1-8H,(H,25,27)(H,28,29)(H4,23,24,26). The largest absolute Gasteiger partial charge is 0.478 e. The monoisotopic (exact) mass is 426 g/mol. The van der Waals surface area contributed by atoms with Gasteiger partial charge in [-0.05, 0) is 12.1 Å². The van der Waals surface area contributed by atoms with Crippen molar-refractivity contribution in [2.75, 3.05) is 5.32 Å². The van der Waals surface area contributed by atoms with Crippen molar-refractivity contribution in [2.45, 2.75) is 6.18 Å². The Bertz CT molecular complexity index is 1000. The molecule has 2 aromatic rings. The first-order valence-electron chi connectivity index (χ1n) is 7.80. The molecule has 0 bridgehead atoms. The van der Waals surface area contributed by atoms with Gasteiger partial charge in [-0.15, -0.1) is 0 Å². The Balaban J connectivity index is 2.99. The van der Waals surface area contributed by atoms with Gasteiger partial charge in [0.2, 0.25) is 6.41 Å². The average molecular weight is 427 g/mol. The first-order valence-corrected chi connectivity index (χ1v) is 8.18. The van der Waals surface area contributed by atoms with Crippen LogP contribution in [0.1, 0.15) is 16.7 Å². The molecule has 6 N–H and O–H groups in total. The number of nitrogens with zero attached hydrogens (tertiary/aromatic N) is 1. The molecule has 0 saturated carbocycles. The van der Waals surface area contributed by atoms with E-state index < -0.39 is 45.5 Å². The van der Waals surface area contributed by atoms with Gasteiger partial charge in [-0.2, -0.15) is 13.2 Å². The lowest BCUT2D eigenvalue weighted by atomic mass is 9.97. The number of rotatable bonds is 6. The van der Waals surface area contributed by atoms with Crippen molar-refractivity contribution in [3.8, 4) is 0 Å². The molecule has 0 aliphatic heterocycles. The lowest BCUT2D eigenvalue weighted by Gasteiger charge is -2.16. The molecule has 0 saturated heterocycles. The van der Waals surface area contributed by atoms with E-state index in [2.05, 4.69) is 4.99 Å². The van der Waals surface area contributed by atoms with Crippen molar-refractivity contribution in [3.63, 3.8) is 0 Å². The molecule has 0 radical (unpaired) electrons. The minimum Gasteiger partial charge on any atom is -0.478 e. The number of carboxylic acids is 1. The summed E-state index contributed by atoms with van der Waals surface area (Å²) in [6.45, 7) is 0. The molecule has 0 aromatic heterocycles. The minimum atomic E-state index is -4.84. The van der Waals surface area contributed by atoms with Crippen molar-refractivity contribution in [1.29, 1.82) is 0 Å². The number of hydrogen-bond acceptors (Lipinski definition) is 3. The van der Waals surface area contributed by atoms with Crippen LogP contribution >= 0.6 is 11.6 Å². The zero-order valence-corrected chi connectivity index (χ0v) is 15.3. The fourth-order valence-electron chi connectivity index (χ4n) is 2.47. The van der Waals surface area contributed by atoms with Crippen LogP contribution in [0.4, 0.5) is 18.9 Å². The Labute approximate surface area is 167 Å². The molecule has 29 heavy (non-hydrogen) atoms. The maximum atomic E-state index is 13.3. The van der Waals surface area contributed by atoms with E-state index >= 15 is 0 Å². The Hall–Kier alpha value is -3.53. The summed E-state index contributed by atoms with van der Waals surface area (Å²) in [6.07, 6.45) is -4.73. The SMILES string of the molecule is NC(N)=NC(=C(C(=O)O)c1cc(C(F)(F)F)cc(NC=O)c1Cl)c1ccccc1. The molecule has 152 valence electrons. The maximum Gasteiger partial charge on any atom is 0.416 e. The van der Waals surface area contributed by atoms with Crippen molar-refractivity contribution < 1.29 is 27.9 Å². The predicted molar refractivity (Wildman–Crippen MR) is 103 cm³/mol. The third kappa shape index (κ3) is 5.05. The quantitative estimate of drug-likeness (QED) is 0.185. The van der Waals surface area contributed by atoms with Crippen LogP contribution in [0.15, 0.2) is 47.5 Å². The number of anilines is 1. The lowest BCUT2D eigenvalue weighted by Crippen LogP contribution is -2.23. The maximum absolute atomic E-state index is 13.3. The van der Waals surface area contributed by atoms with E-state index in [4.69, 9.17) is 23.1 Å². The molecule has 0 fully saturated rings. The number of carbonyl (C=O) groups is 2. The Kier molecular flexibility index (Phi) is 6.49. The predicted octanol–water partition coefficient (Wildman–Crippen LogP) is 3.15. The summed E-state index contributed by atoms with van der Waals surface area (Å²) in [5.74, 6) is -2.15. The van der Waals surface area contributed by atoms with Gasteiger partial charge >= 0.3 is 12.1 Å². The molecule has 11 heteroatoms. The summed E-state index contributed by atoms with van der Waals surface area (Å²) < 4.78 is 40.0. The normalized spacial score (nSPS) is 12.0. The highest BCUT2D eigenvalue weighted by atomic mass is 35.5. The van der Waals surface area contributed by atoms with Gasteiger partial charge < -0.3 is 21.9 Å². The van der Waals surface area contributed by atoms with Crippen molar-refractivity contribution >= 4 is 46.9 Å². The summed E-state index contributed by atoms with van der Waals surface area (Å²) >= 11 is 6.12. The van der Waals surface area contributed by atoms with E-state index in [0.29, 0.717) is 12.1 Å². The number of alkyl halides is 3. The Morgan fingerprint density at radius 3 is 2.28 bits per heavy atom. The van der Waals surface area contributed by atoms with Gasteiger partial charge in [0.05, 0.1) is 27.5 Å². The molecule has 0 unspecified atom stereocenters. The summed E-state index contributed by atoms with van der Waals surface area (Å²) in [5.41, 5.74) is 7.83. The molecule has 2 rings (SSSR count).